The first-order valence-corrected chi connectivity index (χ1v) is 9.80. The molecule has 2 heterocycles. The number of hydrogen-bond donors (Lipinski definition) is 1. The van der Waals surface area contributed by atoms with Gasteiger partial charge >= 0.3 is 0 Å². The lowest BCUT2D eigenvalue weighted by Crippen LogP contribution is -2.30. The van der Waals surface area contributed by atoms with Gasteiger partial charge in [0.15, 0.2) is 17.8 Å². The number of para-hydroxylation sites is 1. The van der Waals surface area contributed by atoms with Crippen LogP contribution < -0.4 is 14.8 Å². The summed E-state index contributed by atoms with van der Waals surface area (Å²) in [7, 11) is 0. The highest BCUT2D eigenvalue weighted by molar-refractivity contribution is 6.00. The monoisotopic (exact) mass is 392 g/mol. The molecule has 0 spiro atoms. The van der Waals surface area contributed by atoms with Crippen LogP contribution in [0.2, 0.25) is 0 Å². The van der Waals surface area contributed by atoms with Crippen LogP contribution in [0.1, 0.15) is 41.0 Å². The maximum absolute atomic E-state index is 12.8. The van der Waals surface area contributed by atoms with Crippen LogP contribution >= 0.6 is 0 Å². The molecule has 1 atom stereocenters. The van der Waals surface area contributed by atoms with Crippen molar-refractivity contribution in [3.8, 4) is 11.5 Å². The molecule has 1 aromatic heterocycles. The molecule has 1 aliphatic heterocycles. The second kappa shape index (κ2) is 7.99. The Balaban J connectivity index is 1.52. The van der Waals surface area contributed by atoms with E-state index in [-0.39, 0.29) is 18.5 Å². The molecule has 1 aliphatic rings. The fourth-order valence-corrected chi connectivity index (χ4v) is 3.77. The van der Waals surface area contributed by atoms with Crippen LogP contribution in [0, 0.1) is 6.92 Å². The van der Waals surface area contributed by atoms with Gasteiger partial charge in [-0.25, -0.2) is 0 Å². The molecule has 0 fully saturated rings. The minimum absolute atomic E-state index is 0.120. The number of carbonyl (C=O) groups excluding carboxylic acids is 2. The average molecular weight is 392 g/mol. The summed E-state index contributed by atoms with van der Waals surface area (Å²) < 4.78 is 13.3. The predicted molar refractivity (Wildman–Crippen MR) is 111 cm³/mol. The lowest BCUT2D eigenvalue weighted by molar-refractivity contribution is -0.122. The quantitative estimate of drug-likeness (QED) is 0.671. The number of benzene rings is 2. The molecule has 0 aliphatic carbocycles. The zero-order valence-corrected chi connectivity index (χ0v) is 16.6. The summed E-state index contributed by atoms with van der Waals surface area (Å²) in [6.45, 7) is 5.22. The number of rotatable bonds is 5. The Hall–Kier alpha value is -3.28. The lowest BCUT2D eigenvalue weighted by Gasteiger charge is -2.17. The standard InChI is InChI=1S/C23H24N2O4/c1-15(17-8-9-21-22(12-17)29-11-5-10-28-21)24-23(27)13-25-16(2)19(14-26)18-6-3-4-7-20(18)25/h3-4,6-9,12,14-15H,5,10-11,13H2,1-2H3,(H,24,27)/t15-/m1/s1. The van der Waals surface area contributed by atoms with E-state index in [1.165, 1.54) is 0 Å². The Morgan fingerprint density at radius 1 is 1.17 bits per heavy atom. The van der Waals surface area contributed by atoms with Gasteiger partial charge in [-0.2, -0.15) is 0 Å². The van der Waals surface area contributed by atoms with Gasteiger partial charge in [-0.1, -0.05) is 24.3 Å². The van der Waals surface area contributed by atoms with E-state index < -0.39 is 0 Å². The minimum Gasteiger partial charge on any atom is -0.490 e. The van der Waals surface area contributed by atoms with Crippen LogP contribution in [0.5, 0.6) is 11.5 Å². The largest absolute Gasteiger partial charge is 0.490 e. The zero-order valence-electron chi connectivity index (χ0n) is 16.6. The summed E-state index contributed by atoms with van der Waals surface area (Å²) in [4.78, 5) is 24.3. The molecule has 0 bridgehead atoms. The van der Waals surface area contributed by atoms with Crippen LogP contribution in [-0.2, 0) is 11.3 Å². The van der Waals surface area contributed by atoms with Crippen molar-refractivity contribution in [2.75, 3.05) is 13.2 Å². The molecule has 0 saturated carbocycles. The molecule has 29 heavy (non-hydrogen) atoms. The van der Waals surface area contributed by atoms with E-state index >= 15 is 0 Å². The average Bonchev–Trinajstić information content (AvgIpc) is 2.87. The van der Waals surface area contributed by atoms with E-state index in [4.69, 9.17) is 9.47 Å². The van der Waals surface area contributed by atoms with Crippen LogP contribution in [0.3, 0.4) is 0 Å². The Bertz CT molecular complexity index is 1070. The summed E-state index contributed by atoms with van der Waals surface area (Å²) in [5, 5.41) is 3.91. The smallest absolute Gasteiger partial charge is 0.240 e. The summed E-state index contributed by atoms with van der Waals surface area (Å²) in [5.74, 6) is 1.33. The van der Waals surface area contributed by atoms with Crippen molar-refractivity contribution in [2.45, 2.75) is 32.9 Å². The molecule has 6 nitrogen and oxygen atoms in total. The molecule has 1 amide bonds. The molecular weight excluding hydrogens is 368 g/mol. The highest BCUT2D eigenvalue weighted by Gasteiger charge is 2.18. The molecule has 1 N–H and O–H groups in total. The number of carbonyl (C=O) groups is 2. The van der Waals surface area contributed by atoms with Crippen molar-refractivity contribution in [3.63, 3.8) is 0 Å². The van der Waals surface area contributed by atoms with Gasteiger partial charge in [0.2, 0.25) is 5.91 Å². The molecule has 4 rings (SSSR count). The summed E-state index contributed by atoms with van der Waals surface area (Å²) in [6, 6.07) is 13.2. The lowest BCUT2D eigenvalue weighted by atomic mass is 10.1. The number of fused-ring (bicyclic) bond motifs is 2. The van der Waals surface area contributed by atoms with Crippen LogP contribution in [0.4, 0.5) is 0 Å². The number of amides is 1. The third-order valence-corrected chi connectivity index (χ3v) is 5.35. The first-order chi connectivity index (χ1) is 14.1. The second-order valence-corrected chi connectivity index (χ2v) is 7.27. The predicted octanol–water partition coefficient (Wildman–Crippen LogP) is 3.80. The van der Waals surface area contributed by atoms with Gasteiger partial charge in [-0.05, 0) is 37.6 Å². The molecule has 3 aromatic rings. The minimum atomic E-state index is -0.188. The molecule has 150 valence electrons. The third kappa shape index (κ3) is 3.70. The molecule has 2 aromatic carbocycles. The van der Waals surface area contributed by atoms with Crippen molar-refractivity contribution in [1.29, 1.82) is 0 Å². The van der Waals surface area contributed by atoms with E-state index in [1.54, 1.807) is 0 Å². The van der Waals surface area contributed by atoms with Gasteiger partial charge < -0.3 is 19.4 Å². The SMILES string of the molecule is Cc1c(C=O)c2ccccc2n1CC(=O)N[C@H](C)c1ccc2c(c1)OCCCO2. The van der Waals surface area contributed by atoms with Gasteiger partial charge in [-0.3, -0.25) is 9.59 Å². The molecule has 6 heteroatoms. The number of ether oxygens (including phenoxy) is 2. The first-order valence-electron chi connectivity index (χ1n) is 9.80. The van der Waals surface area contributed by atoms with Gasteiger partial charge in [0.25, 0.3) is 0 Å². The highest BCUT2D eigenvalue weighted by Crippen LogP contribution is 2.32. The maximum atomic E-state index is 12.8. The zero-order chi connectivity index (χ0) is 20.4. The number of aromatic nitrogens is 1. The Morgan fingerprint density at radius 3 is 2.72 bits per heavy atom. The Morgan fingerprint density at radius 2 is 1.93 bits per heavy atom. The van der Waals surface area contributed by atoms with E-state index in [9.17, 15) is 9.59 Å². The fourth-order valence-electron chi connectivity index (χ4n) is 3.77. The Kier molecular flexibility index (Phi) is 5.25. The maximum Gasteiger partial charge on any atom is 0.240 e. The van der Waals surface area contributed by atoms with E-state index in [0.717, 1.165) is 40.6 Å². The third-order valence-electron chi connectivity index (χ3n) is 5.35. The van der Waals surface area contributed by atoms with Crippen LogP contribution in [0.15, 0.2) is 42.5 Å². The van der Waals surface area contributed by atoms with E-state index in [0.29, 0.717) is 24.5 Å². The first kappa shape index (κ1) is 19.1. The normalized spacial score (nSPS) is 14.3. The molecule has 0 saturated heterocycles. The van der Waals surface area contributed by atoms with Crippen molar-refractivity contribution < 1.29 is 19.1 Å². The highest BCUT2D eigenvalue weighted by atomic mass is 16.5. The van der Waals surface area contributed by atoms with Gasteiger partial charge in [0.1, 0.15) is 6.54 Å². The van der Waals surface area contributed by atoms with Crippen molar-refractivity contribution >= 4 is 23.1 Å². The van der Waals surface area contributed by atoms with Gasteiger partial charge in [-0.15, -0.1) is 0 Å². The number of nitrogens with one attached hydrogen (secondary N) is 1. The van der Waals surface area contributed by atoms with Crippen molar-refractivity contribution in [1.82, 2.24) is 9.88 Å². The number of nitrogens with zero attached hydrogens (tertiary/aromatic N) is 1. The topological polar surface area (TPSA) is 69.6 Å². The van der Waals surface area contributed by atoms with Gasteiger partial charge in [0, 0.05) is 28.6 Å². The summed E-state index contributed by atoms with van der Waals surface area (Å²) in [5.41, 5.74) is 3.25. The van der Waals surface area contributed by atoms with Crippen molar-refractivity contribution in [2.24, 2.45) is 0 Å². The van der Waals surface area contributed by atoms with E-state index in [2.05, 4.69) is 5.32 Å². The Labute approximate surface area is 169 Å². The summed E-state index contributed by atoms with van der Waals surface area (Å²) >= 11 is 0. The van der Waals surface area contributed by atoms with Crippen molar-refractivity contribution in [3.05, 3.63) is 59.3 Å². The molecular formula is C23H24N2O4. The molecule has 0 unspecified atom stereocenters. The fraction of sp³-hybridized carbons (Fsp3) is 0.304. The van der Waals surface area contributed by atoms with E-state index in [1.807, 2.05) is 60.9 Å². The number of hydrogen-bond acceptors (Lipinski definition) is 4. The van der Waals surface area contributed by atoms with Crippen LogP contribution in [-0.4, -0.2) is 30.0 Å². The number of aldehydes is 1. The molecule has 0 radical (unpaired) electrons. The second-order valence-electron chi connectivity index (χ2n) is 7.27. The van der Waals surface area contributed by atoms with Crippen LogP contribution in [0.25, 0.3) is 10.9 Å². The summed E-state index contributed by atoms with van der Waals surface area (Å²) in [6.07, 6.45) is 1.70. The van der Waals surface area contributed by atoms with Gasteiger partial charge in [0.05, 0.1) is 19.3 Å².